The lowest BCUT2D eigenvalue weighted by molar-refractivity contribution is -0.262. The SMILES string of the molecule is COC(=O)[C@@H]1c2cc3c(c(O)c2C(O[C@H]2CC[C@@](O)(C(C)=O)C(C)O2)C[C@@]1(C)O)C(=O)c1c(O)cccc1C3=O. The summed E-state index contributed by atoms with van der Waals surface area (Å²) in [6.45, 7) is 4.18. The van der Waals surface area contributed by atoms with Crippen LogP contribution in [0.15, 0.2) is 24.3 Å². The monoisotopic (exact) mass is 554 g/mol. The summed E-state index contributed by atoms with van der Waals surface area (Å²) < 4.78 is 16.9. The number of ketones is 3. The van der Waals surface area contributed by atoms with E-state index in [4.69, 9.17) is 14.2 Å². The van der Waals surface area contributed by atoms with Crippen molar-refractivity contribution in [2.24, 2.45) is 0 Å². The summed E-state index contributed by atoms with van der Waals surface area (Å²) in [5, 5.41) is 44.0. The quantitative estimate of drug-likeness (QED) is 0.348. The Morgan fingerprint density at radius 1 is 1.07 bits per heavy atom. The van der Waals surface area contributed by atoms with Crippen molar-refractivity contribution in [1.29, 1.82) is 0 Å². The van der Waals surface area contributed by atoms with E-state index in [0.29, 0.717) is 0 Å². The second-order valence-electron chi connectivity index (χ2n) is 10.9. The Bertz CT molecular complexity index is 1460. The molecule has 3 aliphatic rings. The van der Waals surface area contributed by atoms with Gasteiger partial charge in [-0.2, -0.15) is 0 Å². The highest BCUT2D eigenvalue weighted by molar-refractivity contribution is 6.30. The molecule has 40 heavy (non-hydrogen) atoms. The van der Waals surface area contributed by atoms with E-state index in [-0.39, 0.29) is 52.6 Å². The first-order chi connectivity index (χ1) is 18.7. The number of phenols is 2. The van der Waals surface area contributed by atoms with Gasteiger partial charge in [0.25, 0.3) is 0 Å². The number of hydrogen-bond donors (Lipinski definition) is 4. The van der Waals surface area contributed by atoms with Crippen molar-refractivity contribution in [3.05, 3.63) is 57.6 Å². The fraction of sp³-hybridized carbons (Fsp3) is 0.448. The Labute approximate surface area is 229 Å². The number of carbonyl (C=O) groups excluding carboxylic acids is 4. The molecule has 4 N–H and O–H groups in total. The predicted octanol–water partition coefficient (Wildman–Crippen LogP) is 2.19. The molecule has 11 heteroatoms. The Balaban J connectivity index is 1.64. The van der Waals surface area contributed by atoms with E-state index in [1.807, 2.05) is 0 Å². The molecule has 1 saturated heterocycles. The first-order valence-corrected chi connectivity index (χ1v) is 12.9. The average Bonchev–Trinajstić information content (AvgIpc) is 2.88. The lowest BCUT2D eigenvalue weighted by Crippen LogP contribution is -2.54. The van der Waals surface area contributed by atoms with E-state index in [0.717, 1.165) is 7.11 Å². The van der Waals surface area contributed by atoms with Crippen molar-refractivity contribution in [1.82, 2.24) is 0 Å². The highest BCUT2D eigenvalue weighted by Crippen LogP contribution is 2.53. The minimum absolute atomic E-state index is 0.00986. The van der Waals surface area contributed by atoms with E-state index in [1.54, 1.807) is 0 Å². The molecular weight excluding hydrogens is 524 g/mol. The lowest BCUT2D eigenvalue weighted by Gasteiger charge is -2.44. The molecule has 6 atom stereocenters. The summed E-state index contributed by atoms with van der Waals surface area (Å²) in [6, 6.07) is 5.32. The number of rotatable bonds is 4. The Hall–Kier alpha value is -3.64. The Morgan fingerprint density at radius 2 is 1.77 bits per heavy atom. The zero-order chi connectivity index (χ0) is 29.3. The van der Waals surface area contributed by atoms with Gasteiger partial charge in [-0.1, -0.05) is 12.1 Å². The number of aromatic hydroxyl groups is 2. The van der Waals surface area contributed by atoms with Crippen LogP contribution in [0.1, 0.15) is 95.0 Å². The maximum absolute atomic E-state index is 13.5. The second-order valence-corrected chi connectivity index (χ2v) is 10.9. The highest BCUT2D eigenvalue weighted by Gasteiger charge is 2.52. The minimum Gasteiger partial charge on any atom is -0.507 e. The van der Waals surface area contributed by atoms with Crippen molar-refractivity contribution in [3.63, 3.8) is 0 Å². The Kier molecular flexibility index (Phi) is 6.61. The first kappa shape index (κ1) is 27.9. The van der Waals surface area contributed by atoms with Gasteiger partial charge in [0.05, 0.1) is 36.0 Å². The first-order valence-electron chi connectivity index (χ1n) is 12.9. The molecule has 212 valence electrons. The molecule has 0 saturated carbocycles. The number of ether oxygens (including phenoxy) is 3. The fourth-order valence-electron chi connectivity index (χ4n) is 6.17. The Morgan fingerprint density at radius 3 is 2.40 bits per heavy atom. The summed E-state index contributed by atoms with van der Waals surface area (Å²) in [5.41, 5.74) is -4.32. The van der Waals surface area contributed by atoms with Crippen molar-refractivity contribution in [2.75, 3.05) is 7.11 Å². The van der Waals surface area contributed by atoms with Crippen LogP contribution in [-0.2, 0) is 23.8 Å². The van der Waals surface area contributed by atoms with Crippen LogP contribution in [0.2, 0.25) is 0 Å². The molecule has 1 aliphatic heterocycles. The van der Waals surface area contributed by atoms with Gasteiger partial charge in [0.15, 0.2) is 17.9 Å². The van der Waals surface area contributed by atoms with Crippen LogP contribution in [0.3, 0.4) is 0 Å². The summed E-state index contributed by atoms with van der Waals surface area (Å²) in [4.78, 5) is 51.9. The van der Waals surface area contributed by atoms with Gasteiger partial charge in [-0.15, -0.1) is 0 Å². The zero-order valence-corrected chi connectivity index (χ0v) is 22.4. The van der Waals surface area contributed by atoms with Gasteiger partial charge >= 0.3 is 5.97 Å². The number of carbonyl (C=O) groups is 4. The molecule has 1 fully saturated rings. The van der Waals surface area contributed by atoms with E-state index < -0.39 is 70.4 Å². The molecule has 2 unspecified atom stereocenters. The third-order valence-electron chi connectivity index (χ3n) is 8.36. The number of aliphatic hydroxyl groups is 2. The van der Waals surface area contributed by atoms with E-state index in [1.165, 1.54) is 45.0 Å². The van der Waals surface area contributed by atoms with Crippen LogP contribution in [0.5, 0.6) is 11.5 Å². The summed E-state index contributed by atoms with van der Waals surface area (Å²) in [7, 11) is 1.14. The summed E-state index contributed by atoms with van der Waals surface area (Å²) in [5.74, 6) is -5.12. The van der Waals surface area contributed by atoms with Crippen LogP contribution >= 0.6 is 0 Å². The third kappa shape index (κ3) is 4.03. The number of phenolic OH excluding ortho intramolecular Hbond substituents is 2. The molecule has 5 rings (SSSR count). The number of esters is 1. The van der Waals surface area contributed by atoms with Crippen LogP contribution in [0.25, 0.3) is 0 Å². The molecule has 2 aromatic carbocycles. The largest absolute Gasteiger partial charge is 0.507 e. The number of benzene rings is 2. The van der Waals surface area contributed by atoms with E-state index in [2.05, 4.69) is 0 Å². The average molecular weight is 555 g/mol. The second kappa shape index (κ2) is 9.48. The molecule has 0 radical (unpaired) electrons. The van der Waals surface area contributed by atoms with E-state index in [9.17, 15) is 39.6 Å². The van der Waals surface area contributed by atoms with Crippen LogP contribution in [-0.4, -0.2) is 74.5 Å². The molecule has 2 aliphatic carbocycles. The third-order valence-corrected chi connectivity index (χ3v) is 8.36. The number of hydrogen-bond acceptors (Lipinski definition) is 11. The minimum atomic E-state index is -1.77. The standard InChI is InChI=1S/C29H30O11/c1-12(30)29(37)9-8-19(39-13(29)2)40-18-11-28(3,36)23(27(35)38-4)15-10-16-22(26(34)21(15)18)25(33)20-14(24(16)32)6-5-7-17(20)31/h5-7,10,13,18-19,23,31,34,36-37H,8-9,11H2,1-4H3/t13?,18?,19-,23-,28+,29+/m0/s1. The van der Waals surface area contributed by atoms with Gasteiger partial charge in [-0.05, 0) is 44.9 Å². The molecule has 1 heterocycles. The van der Waals surface area contributed by atoms with Gasteiger partial charge in [-0.3, -0.25) is 19.2 Å². The molecule has 0 aromatic heterocycles. The molecule has 11 nitrogen and oxygen atoms in total. The topological polar surface area (TPSA) is 177 Å². The molecule has 2 aromatic rings. The van der Waals surface area contributed by atoms with Crippen LogP contribution in [0, 0.1) is 0 Å². The van der Waals surface area contributed by atoms with Gasteiger partial charge in [0.2, 0.25) is 5.78 Å². The molecular formula is C29H30O11. The number of fused-ring (bicyclic) bond motifs is 3. The van der Waals surface area contributed by atoms with Crippen LogP contribution < -0.4 is 0 Å². The van der Waals surface area contributed by atoms with Crippen molar-refractivity contribution in [2.45, 2.75) is 75.7 Å². The van der Waals surface area contributed by atoms with Crippen LogP contribution in [0.4, 0.5) is 0 Å². The van der Waals surface area contributed by atoms with Gasteiger partial charge in [0, 0.05) is 29.5 Å². The molecule has 0 amide bonds. The molecule has 0 spiro atoms. The fourth-order valence-corrected chi connectivity index (χ4v) is 6.17. The van der Waals surface area contributed by atoms with Gasteiger partial charge in [-0.25, -0.2) is 0 Å². The van der Waals surface area contributed by atoms with Crippen molar-refractivity contribution < 1.29 is 53.8 Å². The number of methoxy groups -OCH3 is 1. The normalized spacial score (nSPS) is 31.1. The summed E-state index contributed by atoms with van der Waals surface area (Å²) >= 11 is 0. The maximum atomic E-state index is 13.5. The number of Topliss-reactive ketones (excluding diaryl/α,β-unsaturated/α-hetero) is 1. The van der Waals surface area contributed by atoms with Gasteiger partial charge in [0.1, 0.15) is 23.0 Å². The smallest absolute Gasteiger partial charge is 0.316 e. The molecule has 0 bridgehead atoms. The van der Waals surface area contributed by atoms with Crippen molar-refractivity contribution >= 4 is 23.3 Å². The maximum Gasteiger partial charge on any atom is 0.316 e. The highest BCUT2D eigenvalue weighted by atomic mass is 16.7. The zero-order valence-electron chi connectivity index (χ0n) is 22.4. The van der Waals surface area contributed by atoms with Gasteiger partial charge < -0.3 is 34.6 Å². The summed E-state index contributed by atoms with van der Waals surface area (Å²) in [6.07, 6.45) is -3.14. The van der Waals surface area contributed by atoms with Crippen molar-refractivity contribution in [3.8, 4) is 11.5 Å². The van der Waals surface area contributed by atoms with E-state index >= 15 is 0 Å². The predicted molar refractivity (Wildman–Crippen MR) is 136 cm³/mol. The lowest BCUT2D eigenvalue weighted by atomic mass is 9.68.